The van der Waals surface area contributed by atoms with Crippen LogP contribution in [0, 0.1) is 11.7 Å². The molecule has 1 atom stereocenters. The van der Waals surface area contributed by atoms with Gasteiger partial charge in [0.2, 0.25) is 11.9 Å². The summed E-state index contributed by atoms with van der Waals surface area (Å²) >= 11 is 5.99. The van der Waals surface area contributed by atoms with Crippen LogP contribution >= 0.6 is 11.6 Å². The Morgan fingerprint density at radius 1 is 1.17 bits per heavy atom. The van der Waals surface area contributed by atoms with Gasteiger partial charge in [-0.1, -0.05) is 23.7 Å². The first-order chi connectivity index (χ1) is 17.2. The van der Waals surface area contributed by atoms with E-state index in [2.05, 4.69) is 15.6 Å². The molecular weight excluding hydrogens is 489 g/mol. The minimum absolute atomic E-state index is 0.0329. The van der Waals surface area contributed by atoms with Gasteiger partial charge in [0.25, 0.3) is 0 Å². The molecule has 1 aliphatic heterocycles. The number of hydrogen-bond acceptors (Lipinski definition) is 6. The molecule has 9 nitrogen and oxygen atoms in total. The number of piperidine rings is 1. The van der Waals surface area contributed by atoms with Crippen molar-refractivity contribution in [1.29, 1.82) is 0 Å². The lowest BCUT2D eigenvalue weighted by molar-refractivity contribution is -0.123. The Bertz CT molecular complexity index is 1370. The van der Waals surface area contributed by atoms with Crippen molar-refractivity contribution >= 4 is 29.1 Å². The van der Waals surface area contributed by atoms with Crippen LogP contribution in [-0.4, -0.2) is 32.7 Å². The molecule has 3 aromatic rings. The molecule has 1 amide bonds. The maximum Gasteiger partial charge on any atom is 0.354 e. The van der Waals surface area contributed by atoms with Gasteiger partial charge in [-0.2, -0.15) is 4.98 Å². The molecule has 190 valence electrons. The summed E-state index contributed by atoms with van der Waals surface area (Å²) < 4.78 is 22.3. The highest BCUT2D eigenvalue weighted by Gasteiger charge is 2.23. The summed E-state index contributed by atoms with van der Waals surface area (Å²) in [6.45, 7) is 4.24. The summed E-state index contributed by atoms with van der Waals surface area (Å²) in [5, 5.41) is 6.19. The maximum absolute atomic E-state index is 14.5. The number of halogens is 2. The molecule has 0 saturated carbocycles. The molecule has 0 aliphatic carbocycles. The highest BCUT2D eigenvalue weighted by atomic mass is 35.5. The van der Waals surface area contributed by atoms with Crippen LogP contribution in [0.4, 0.5) is 16.0 Å². The van der Waals surface area contributed by atoms with Gasteiger partial charge in [0.05, 0.1) is 12.6 Å². The Labute approximate surface area is 211 Å². The summed E-state index contributed by atoms with van der Waals surface area (Å²) in [5.41, 5.74) is -0.290. The van der Waals surface area contributed by atoms with Gasteiger partial charge in [-0.25, -0.2) is 18.5 Å². The van der Waals surface area contributed by atoms with Crippen molar-refractivity contribution in [3.63, 3.8) is 0 Å². The standard InChI is InChI=1S/C25H27ClFN5O4/c1-15(2)36-21-8-7-19(12-20(21)27)29-23-30-24(34)32(14-17-9-10-28-22(33)11-17)25(35)31(23)13-16-3-5-18(26)6-4-16/h3-8,12,15,17H,9-11,13-14H2,1-2H3,(H,28,33)(H,29,30,34). The maximum atomic E-state index is 14.5. The zero-order valence-corrected chi connectivity index (χ0v) is 20.7. The second kappa shape index (κ2) is 10.9. The topological polar surface area (TPSA) is 107 Å². The van der Waals surface area contributed by atoms with Gasteiger partial charge in [0, 0.05) is 36.3 Å². The molecule has 1 fully saturated rings. The first-order valence-electron chi connectivity index (χ1n) is 11.7. The number of carbonyl (C=O) groups is 1. The summed E-state index contributed by atoms with van der Waals surface area (Å²) in [5.74, 6) is -0.803. The van der Waals surface area contributed by atoms with Crippen LogP contribution in [0.25, 0.3) is 0 Å². The van der Waals surface area contributed by atoms with Crippen LogP contribution in [0.15, 0.2) is 52.1 Å². The van der Waals surface area contributed by atoms with Crippen molar-refractivity contribution in [3.05, 3.63) is 79.8 Å². The minimum atomic E-state index is -0.749. The zero-order chi connectivity index (χ0) is 25.8. The average molecular weight is 516 g/mol. The molecule has 11 heteroatoms. The predicted molar refractivity (Wildman–Crippen MR) is 134 cm³/mol. The number of nitrogens with zero attached hydrogens (tertiary/aromatic N) is 3. The summed E-state index contributed by atoms with van der Waals surface area (Å²) in [7, 11) is 0. The van der Waals surface area contributed by atoms with Crippen LogP contribution in [0.2, 0.25) is 5.02 Å². The lowest BCUT2D eigenvalue weighted by Gasteiger charge is -2.23. The number of aromatic nitrogens is 3. The average Bonchev–Trinajstić information content (AvgIpc) is 2.82. The number of ether oxygens (including phenoxy) is 1. The van der Waals surface area contributed by atoms with Crippen LogP contribution in [0.5, 0.6) is 5.75 Å². The molecule has 4 rings (SSSR count). The van der Waals surface area contributed by atoms with Crippen molar-refractivity contribution in [3.8, 4) is 5.75 Å². The lowest BCUT2D eigenvalue weighted by Crippen LogP contribution is -2.45. The van der Waals surface area contributed by atoms with Gasteiger partial charge in [-0.15, -0.1) is 0 Å². The summed E-state index contributed by atoms with van der Waals surface area (Å²) in [6, 6.07) is 11.2. The van der Waals surface area contributed by atoms with Crippen molar-refractivity contribution in [1.82, 2.24) is 19.4 Å². The van der Waals surface area contributed by atoms with Crippen molar-refractivity contribution in [2.24, 2.45) is 5.92 Å². The highest BCUT2D eigenvalue weighted by Crippen LogP contribution is 2.24. The molecule has 0 radical (unpaired) electrons. The molecule has 1 saturated heterocycles. The molecule has 2 N–H and O–H groups in total. The molecule has 1 aromatic heterocycles. The number of anilines is 2. The van der Waals surface area contributed by atoms with E-state index in [1.165, 1.54) is 16.7 Å². The third-order valence-corrected chi connectivity index (χ3v) is 6.00. The van der Waals surface area contributed by atoms with E-state index in [-0.39, 0.29) is 49.1 Å². The number of carbonyl (C=O) groups excluding carboxylic acids is 1. The highest BCUT2D eigenvalue weighted by molar-refractivity contribution is 6.30. The number of nitrogens with one attached hydrogen (secondary N) is 2. The number of hydrogen-bond donors (Lipinski definition) is 2. The van der Waals surface area contributed by atoms with Crippen molar-refractivity contribution in [2.45, 2.75) is 45.9 Å². The molecule has 1 unspecified atom stereocenters. The summed E-state index contributed by atoms with van der Waals surface area (Å²) in [6.07, 6.45) is 0.679. The van der Waals surface area contributed by atoms with E-state index in [0.717, 1.165) is 10.1 Å². The van der Waals surface area contributed by atoms with E-state index in [0.29, 0.717) is 23.7 Å². The molecule has 0 spiro atoms. The Morgan fingerprint density at radius 2 is 1.92 bits per heavy atom. The first kappa shape index (κ1) is 25.4. The minimum Gasteiger partial charge on any atom is -0.488 e. The van der Waals surface area contributed by atoms with E-state index < -0.39 is 17.2 Å². The Hall–Kier alpha value is -3.66. The second-order valence-corrected chi connectivity index (χ2v) is 9.41. The van der Waals surface area contributed by atoms with Gasteiger partial charge >= 0.3 is 11.4 Å². The fourth-order valence-electron chi connectivity index (χ4n) is 4.02. The van der Waals surface area contributed by atoms with Gasteiger partial charge < -0.3 is 15.4 Å². The fraction of sp³-hybridized carbons (Fsp3) is 0.360. The van der Waals surface area contributed by atoms with E-state index in [1.54, 1.807) is 44.2 Å². The first-order valence-corrected chi connectivity index (χ1v) is 12.0. The predicted octanol–water partition coefficient (Wildman–Crippen LogP) is 3.30. The molecule has 0 bridgehead atoms. The second-order valence-electron chi connectivity index (χ2n) is 8.97. The molecule has 2 aromatic carbocycles. The van der Waals surface area contributed by atoms with Crippen LogP contribution in [0.1, 0.15) is 32.3 Å². The van der Waals surface area contributed by atoms with Gasteiger partial charge in [-0.3, -0.25) is 9.36 Å². The third-order valence-electron chi connectivity index (χ3n) is 5.74. The number of rotatable bonds is 8. The lowest BCUT2D eigenvalue weighted by atomic mass is 9.97. The van der Waals surface area contributed by atoms with Crippen molar-refractivity contribution in [2.75, 3.05) is 11.9 Å². The Kier molecular flexibility index (Phi) is 7.73. The molecule has 1 aliphatic rings. The van der Waals surface area contributed by atoms with E-state index in [9.17, 15) is 18.8 Å². The van der Waals surface area contributed by atoms with Crippen molar-refractivity contribution < 1.29 is 13.9 Å². The van der Waals surface area contributed by atoms with Crippen LogP contribution in [0.3, 0.4) is 0 Å². The van der Waals surface area contributed by atoms with Gasteiger partial charge in [0.1, 0.15) is 0 Å². The van der Waals surface area contributed by atoms with E-state index in [1.807, 2.05) is 0 Å². The monoisotopic (exact) mass is 515 g/mol. The van der Waals surface area contributed by atoms with Gasteiger partial charge in [0.15, 0.2) is 11.6 Å². The number of benzene rings is 2. The molecule has 36 heavy (non-hydrogen) atoms. The molecular formula is C25H27ClFN5O4. The molecule has 2 heterocycles. The fourth-order valence-corrected chi connectivity index (χ4v) is 4.15. The largest absolute Gasteiger partial charge is 0.488 e. The zero-order valence-electron chi connectivity index (χ0n) is 20.0. The smallest absolute Gasteiger partial charge is 0.354 e. The third kappa shape index (κ3) is 6.12. The Morgan fingerprint density at radius 3 is 2.58 bits per heavy atom. The quantitative estimate of drug-likeness (QED) is 0.476. The van der Waals surface area contributed by atoms with Gasteiger partial charge in [-0.05, 0) is 56.0 Å². The van der Waals surface area contributed by atoms with E-state index >= 15 is 0 Å². The van der Waals surface area contributed by atoms with Crippen LogP contribution in [-0.2, 0) is 17.9 Å². The van der Waals surface area contributed by atoms with E-state index in [4.69, 9.17) is 16.3 Å². The SMILES string of the molecule is CC(C)Oc1ccc(Nc2nc(=O)n(CC3CCNC(=O)C3)c(=O)n2Cc2ccc(Cl)cc2)cc1F. The van der Waals surface area contributed by atoms with Crippen LogP contribution < -0.4 is 26.7 Å². The Balaban J connectivity index is 1.71. The number of amides is 1. The summed E-state index contributed by atoms with van der Waals surface area (Å²) in [4.78, 5) is 42.3. The normalized spacial score (nSPS) is 15.6.